The van der Waals surface area contributed by atoms with Crippen molar-refractivity contribution >= 4 is 17.4 Å². The summed E-state index contributed by atoms with van der Waals surface area (Å²) in [5.74, 6) is 1.16. The third-order valence-corrected chi connectivity index (χ3v) is 3.92. The van der Waals surface area contributed by atoms with E-state index in [1.165, 1.54) is 6.33 Å². The Kier molecular flexibility index (Phi) is 4.41. The smallest absolute Gasteiger partial charge is 0.274 e. The van der Waals surface area contributed by atoms with E-state index in [4.69, 9.17) is 4.74 Å². The second-order valence-electron chi connectivity index (χ2n) is 5.61. The summed E-state index contributed by atoms with van der Waals surface area (Å²) in [6.45, 7) is 3.92. The number of benzene rings is 1. The first-order chi connectivity index (χ1) is 11.2. The van der Waals surface area contributed by atoms with Crippen LogP contribution in [0.15, 0.2) is 30.6 Å². The first-order valence-electron chi connectivity index (χ1n) is 7.70. The summed E-state index contributed by atoms with van der Waals surface area (Å²) in [5, 5.41) is 2.86. The van der Waals surface area contributed by atoms with Gasteiger partial charge in [0.1, 0.15) is 23.6 Å². The highest BCUT2D eigenvalue weighted by Gasteiger charge is 2.17. The van der Waals surface area contributed by atoms with Crippen LogP contribution < -0.4 is 15.0 Å². The van der Waals surface area contributed by atoms with E-state index in [1.807, 2.05) is 25.1 Å². The molecule has 0 spiro atoms. The summed E-state index contributed by atoms with van der Waals surface area (Å²) >= 11 is 0. The van der Waals surface area contributed by atoms with Crippen molar-refractivity contribution in [3.05, 3.63) is 41.9 Å². The number of anilines is 2. The van der Waals surface area contributed by atoms with Crippen molar-refractivity contribution in [2.45, 2.75) is 19.8 Å². The van der Waals surface area contributed by atoms with E-state index in [9.17, 15) is 4.79 Å². The van der Waals surface area contributed by atoms with E-state index >= 15 is 0 Å². The molecular weight excluding hydrogens is 292 g/mol. The van der Waals surface area contributed by atoms with Crippen LogP contribution in [0.1, 0.15) is 28.9 Å². The van der Waals surface area contributed by atoms with Gasteiger partial charge in [0.15, 0.2) is 0 Å². The van der Waals surface area contributed by atoms with Crippen molar-refractivity contribution < 1.29 is 9.53 Å². The lowest BCUT2D eigenvalue weighted by Crippen LogP contribution is -2.21. The Morgan fingerprint density at radius 1 is 1.22 bits per heavy atom. The second-order valence-corrected chi connectivity index (χ2v) is 5.61. The van der Waals surface area contributed by atoms with Crippen LogP contribution in [0.4, 0.5) is 11.5 Å². The SMILES string of the molecule is COc1ccc(C)cc1NC(=O)c1cc(N2CCCC2)ncn1. The molecule has 1 aromatic carbocycles. The summed E-state index contributed by atoms with van der Waals surface area (Å²) in [6, 6.07) is 7.38. The van der Waals surface area contributed by atoms with Crippen LogP contribution >= 0.6 is 0 Å². The predicted molar refractivity (Wildman–Crippen MR) is 89.2 cm³/mol. The molecule has 2 aromatic rings. The Hall–Kier alpha value is -2.63. The van der Waals surface area contributed by atoms with E-state index in [-0.39, 0.29) is 5.91 Å². The first kappa shape index (κ1) is 15.3. The highest BCUT2D eigenvalue weighted by molar-refractivity contribution is 6.04. The van der Waals surface area contributed by atoms with Gasteiger partial charge in [0.25, 0.3) is 5.91 Å². The lowest BCUT2D eigenvalue weighted by atomic mass is 10.2. The molecule has 0 unspecified atom stereocenters. The third kappa shape index (κ3) is 3.41. The van der Waals surface area contributed by atoms with Gasteiger partial charge in [0.05, 0.1) is 12.8 Å². The number of hydrogen-bond donors (Lipinski definition) is 1. The van der Waals surface area contributed by atoms with Crippen LogP contribution in [0.25, 0.3) is 0 Å². The topological polar surface area (TPSA) is 67.3 Å². The zero-order valence-electron chi connectivity index (χ0n) is 13.4. The zero-order valence-corrected chi connectivity index (χ0v) is 13.4. The molecule has 1 aromatic heterocycles. The fourth-order valence-electron chi connectivity index (χ4n) is 2.70. The number of carbonyl (C=O) groups excluding carboxylic acids is 1. The summed E-state index contributed by atoms with van der Waals surface area (Å²) in [5.41, 5.74) is 2.03. The van der Waals surface area contributed by atoms with E-state index in [0.29, 0.717) is 17.1 Å². The maximum absolute atomic E-state index is 12.5. The van der Waals surface area contributed by atoms with Gasteiger partial charge in [-0.2, -0.15) is 0 Å². The number of amides is 1. The quantitative estimate of drug-likeness (QED) is 0.940. The van der Waals surface area contributed by atoms with Gasteiger partial charge < -0.3 is 15.0 Å². The van der Waals surface area contributed by atoms with Gasteiger partial charge in [-0.3, -0.25) is 4.79 Å². The van der Waals surface area contributed by atoms with Gasteiger partial charge in [-0.05, 0) is 37.5 Å². The van der Waals surface area contributed by atoms with Gasteiger partial charge in [0, 0.05) is 19.2 Å². The molecule has 6 heteroatoms. The molecule has 1 saturated heterocycles. The van der Waals surface area contributed by atoms with Crippen LogP contribution in [0.3, 0.4) is 0 Å². The second kappa shape index (κ2) is 6.64. The molecule has 0 aliphatic carbocycles. The Labute approximate surface area is 135 Å². The third-order valence-electron chi connectivity index (χ3n) is 3.92. The lowest BCUT2D eigenvalue weighted by molar-refractivity contribution is 0.102. The van der Waals surface area contributed by atoms with Gasteiger partial charge >= 0.3 is 0 Å². The summed E-state index contributed by atoms with van der Waals surface area (Å²) in [7, 11) is 1.58. The maximum atomic E-state index is 12.5. The molecular formula is C17H20N4O2. The van der Waals surface area contributed by atoms with Gasteiger partial charge in [0.2, 0.25) is 0 Å². The van der Waals surface area contributed by atoms with Crippen molar-refractivity contribution in [2.75, 3.05) is 30.4 Å². The minimum absolute atomic E-state index is 0.267. The van der Waals surface area contributed by atoms with Crippen LogP contribution in [-0.2, 0) is 0 Å². The molecule has 0 bridgehead atoms. The maximum Gasteiger partial charge on any atom is 0.274 e. The van der Waals surface area contributed by atoms with E-state index in [0.717, 1.165) is 37.3 Å². The Balaban J connectivity index is 1.81. The summed E-state index contributed by atoms with van der Waals surface area (Å²) < 4.78 is 5.29. The number of nitrogens with one attached hydrogen (secondary N) is 1. The number of methoxy groups -OCH3 is 1. The van der Waals surface area contributed by atoms with Crippen molar-refractivity contribution in [3.63, 3.8) is 0 Å². The fourth-order valence-corrected chi connectivity index (χ4v) is 2.70. The predicted octanol–water partition coefficient (Wildman–Crippen LogP) is 2.65. The molecule has 0 radical (unpaired) electrons. The number of hydrogen-bond acceptors (Lipinski definition) is 5. The molecule has 1 amide bonds. The minimum atomic E-state index is -0.267. The molecule has 0 atom stereocenters. The standard InChI is InChI=1S/C17H20N4O2/c1-12-5-6-15(23-2)13(9-12)20-17(22)14-10-16(19-11-18-14)21-7-3-4-8-21/h5-6,9-11H,3-4,7-8H2,1-2H3,(H,20,22). The summed E-state index contributed by atoms with van der Waals surface area (Å²) in [6.07, 6.45) is 3.76. The normalized spacial score (nSPS) is 13.9. The molecule has 120 valence electrons. The van der Waals surface area contributed by atoms with Crippen LogP contribution in [0.5, 0.6) is 5.75 Å². The van der Waals surface area contributed by atoms with Gasteiger partial charge in [-0.1, -0.05) is 6.07 Å². The highest BCUT2D eigenvalue weighted by atomic mass is 16.5. The van der Waals surface area contributed by atoms with Crippen molar-refractivity contribution in [3.8, 4) is 5.75 Å². The number of ether oxygens (including phenoxy) is 1. The van der Waals surface area contributed by atoms with Gasteiger partial charge in [-0.25, -0.2) is 9.97 Å². The number of aromatic nitrogens is 2. The average Bonchev–Trinajstić information content (AvgIpc) is 3.10. The molecule has 1 fully saturated rings. The van der Waals surface area contributed by atoms with Gasteiger partial charge in [-0.15, -0.1) is 0 Å². The zero-order chi connectivity index (χ0) is 16.2. The molecule has 0 saturated carbocycles. The molecule has 1 N–H and O–H groups in total. The average molecular weight is 312 g/mol. The van der Waals surface area contributed by atoms with E-state index in [2.05, 4.69) is 20.2 Å². The monoisotopic (exact) mass is 312 g/mol. The number of aryl methyl sites for hydroxylation is 1. The largest absolute Gasteiger partial charge is 0.495 e. The van der Waals surface area contributed by atoms with E-state index in [1.54, 1.807) is 13.2 Å². The van der Waals surface area contributed by atoms with Crippen LogP contribution in [0, 0.1) is 6.92 Å². The van der Waals surface area contributed by atoms with Crippen molar-refractivity contribution in [1.29, 1.82) is 0 Å². The highest BCUT2D eigenvalue weighted by Crippen LogP contribution is 2.26. The summed E-state index contributed by atoms with van der Waals surface area (Å²) in [4.78, 5) is 23.0. The number of carbonyl (C=O) groups is 1. The minimum Gasteiger partial charge on any atom is -0.495 e. The first-order valence-corrected chi connectivity index (χ1v) is 7.70. The molecule has 6 nitrogen and oxygen atoms in total. The molecule has 2 heterocycles. The molecule has 3 rings (SSSR count). The van der Waals surface area contributed by atoms with E-state index < -0.39 is 0 Å². The molecule has 23 heavy (non-hydrogen) atoms. The lowest BCUT2D eigenvalue weighted by Gasteiger charge is -2.16. The number of rotatable bonds is 4. The Morgan fingerprint density at radius 3 is 2.74 bits per heavy atom. The Bertz CT molecular complexity index is 711. The number of nitrogens with zero attached hydrogens (tertiary/aromatic N) is 3. The molecule has 1 aliphatic rings. The van der Waals surface area contributed by atoms with Crippen LogP contribution in [0.2, 0.25) is 0 Å². The molecule has 1 aliphatic heterocycles. The van der Waals surface area contributed by atoms with Crippen molar-refractivity contribution in [1.82, 2.24) is 9.97 Å². The van der Waals surface area contributed by atoms with Crippen molar-refractivity contribution in [2.24, 2.45) is 0 Å². The van der Waals surface area contributed by atoms with Crippen LogP contribution in [-0.4, -0.2) is 36.1 Å². The Morgan fingerprint density at radius 2 is 2.00 bits per heavy atom. The fraction of sp³-hybridized carbons (Fsp3) is 0.353.